The van der Waals surface area contributed by atoms with E-state index in [-0.39, 0.29) is 11.7 Å². The summed E-state index contributed by atoms with van der Waals surface area (Å²) in [7, 11) is 0. The van der Waals surface area contributed by atoms with E-state index in [4.69, 9.17) is 11.6 Å². The van der Waals surface area contributed by atoms with Gasteiger partial charge in [-0.05, 0) is 55.6 Å². The minimum Gasteiger partial charge on any atom is -0.339 e. The Hall–Kier alpha value is -1.91. The number of hydrogen-bond donors (Lipinski definition) is 0. The van der Waals surface area contributed by atoms with Crippen LogP contribution in [-0.2, 0) is 6.54 Å². The van der Waals surface area contributed by atoms with Crippen molar-refractivity contribution in [2.75, 3.05) is 19.6 Å². The number of benzene rings is 2. The van der Waals surface area contributed by atoms with Crippen LogP contribution in [0.25, 0.3) is 0 Å². The van der Waals surface area contributed by atoms with Gasteiger partial charge in [0.1, 0.15) is 5.82 Å². The predicted octanol–water partition coefficient (Wildman–Crippen LogP) is 5.00. The first-order valence-corrected chi connectivity index (χ1v) is 9.98. The van der Waals surface area contributed by atoms with E-state index in [0.29, 0.717) is 17.6 Å². The Balaban J connectivity index is 1.62. The fraction of sp³-hybridized carbons (Fsp3) is 0.409. The smallest absolute Gasteiger partial charge is 0.253 e. The molecule has 0 N–H and O–H groups in total. The van der Waals surface area contributed by atoms with Crippen molar-refractivity contribution in [1.82, 2.24) is 9.80 Å². The summed E-state index contributed by atoms with van der Waals surface area (Å²) in [6, 6.07) is 14.5. The van der Waals surface area contributed by atoms with Crippen LogP contribution in [0.15, 0.2) is 48.5 Å². The number of carbonyl (C=O) groups excluding carboxylic acids is 1. The van der Waals surface area contributed by atoms with Gasteiger partial charge in [-0.25, -0.2) is 4.39 Å². The molecule has 0 aliphatic carbocycles. The lowest BCUT2D eigenvalue weighted by atomic mass is 10.0. The zero-order valence-electron chi connectivity index (χ0n) is 15.7. The number of halogens is 2. The van der Waals surface area contributed by atoms with E-state index < -0.39 is 0 Å². The molecule has 3 nitrogen and oxygen atoms in total. The third-order valence-electron chi connectivity index (χ3n) is 5.19. The summed E-state index contributed by atoms with van der Waals surface area (Å²) in [5.41, 5.74) is 1.70. The zero-order chi connectivity index (χ0) is 19.2. The number of amides is 1. The first-order valence-electron chi connectivity index (χ1n) is 9.60. The van der Waals surface area contributed by atoms with Crippen molar-refractivity contribution in [2.45, 2.75) is 38.8 Å². The molecule has 0 spiro atoms. The molecule has 0 saturated carbocycles. The molecule has 5 heteroatoms. The molecule has 1 aliphatic heterocycles. The molecule has 0 bridgehead atoms. The van der Waals surface area contributed by atoms with E-state index in [2.05, 4.69) is 11.8 Å². The van der Waals surface area contributed by atoms with Crippen LogP contribution in [0.4, 0.5) is 4.39 Å². The summed E-state index contributed by atoms with van der Waals surface area (Å²) >= 11 is 6.23. The molecule has 3 rings (SSSR count). The highest BCUT2D eigenvalue weighted by molar-refractivity contribution is 6.31. The number of carbonyl (C=O) groups is 1. The van der Waals surface area contributed by atoms with E-state index in [1.807, 2.05) is 35.2 Å². The Kier molecular flexibility index (Phi) is 6.86. The third-order valence-corrected chi connectivity index (χ3v) is 5.54. The van der Waals surface area contributed by atoms with Crippen molar-refractivity contribution >= 4 is 17.5 Å². The van der Waals surface area contributed by atoms with Crippen molar-refractivity contribution in [2.24, 2.45) is 0 Å². The van der Waals surface area contributed by atoms with Crippen molar-refractivity contribution in [3.05, 3.63) is 70.5 Å². The lowest BCUT2D eigenvalue weighted by molar-refractivity contribution is 0.0607. The van der Waals surface area contributed by atoms with Gasteiger partial charge in [0.15, 0.2) is 0 Å². The fourth-order valence-electron chi connectivity index (χ4n) is 3.74. The summed E-state index contributed by atoms with van der Waals surface area (Å²) in [5, 5.41) is 0.479. The van der Waals surface area contributed by atoms with Gasteiger partial charge in [0, 0.05) is 36.3 Å². The highest BCUT2D eigenvalue weighted by Gasteiger charge is 2.27. The van der Waals surface area contributed by atoms with E-state index in [0.717, 1.165) is 50.0 Å². The SMILES string of the molecule is CCCN(Cc1ccc(F)cc1Cl)C1CCN(C(=O)c2ccccc2)CC1. The first kappa shape index (κ1) is 19.8. The molecule has 0 unspecified atom stereocenters. The maximum atomic E-state index is 13.3. The molecule has 2 aromatic rings. The van der Waals surface area contributed by atoms with Crippen molar-refractivity contribution in [1.29, 1.82) is 0 Å². The largest absolute Gasteiger partial charge is 0.339 e. The van der Waals surface area contributed by atoms with E-state index in [1.165, 1.54) is 12.1 Å². The number of nitrogens with zero attached hydrogens (tertiary/aromatic N) is 2. The lowest BCUT2D eigenvalue weighted by Crippen LogP contribution is -2.46. The Bertz CT molecular complexity index is 760. The Morgan fingerprint density at radius 2 is 1.89 bits per heavy atom. The van der Waals surface area contributed by atoms with Gasteiger partial charge in [-0.1, -0.05) is 42.8 Å². The molecule has 144 valence electrons. The van der Waals surface area contributed by atoms with E-state index in [1.54, 1.807) is 6.07 Å². The molecular formula is C22H26ClFN2O. The standard InChI is InChI=1S/C22H26ClFN2O/c1-2-12-26(16-18-8-9-19(24)15-21(18)23)20-10-13-25(14-11-20)22(27)17-6-4-3-5-7-17/h3-9,15,20H,2,10-14,16H2,1H3. The average Bonchev–Trinajstić information content (AvgIpc) is 2.70. The van der Waals surface area contributed by atoms with Crippen LogP contribution >= 0.6 is 11.6 Å². The summed E-state index contributed by atoms with van der Waals surface area (Å²) in [5.74, 6) is -0.198. The van der Waals surface area contributed by atoms with Crippen LogP contribution in [0.2, 0.25) is 5.02 Å². The Morgan fingerprint density at radius 1 is 1.19 bits per heavy atom. The molecule has 0 aromatic heterocycles. The maximum absolute atomic E-state index is 13.3. The van der Waals surface area contributed by atoms with Gasteiger partial charge in [-0.2, -0.15) is 0 Å². The molecule has 1 aliphatic rings. The topological polar surface area (TPSA) is 23.6 Å². The van der Waals surface area contributed by atoms with E-state index in [9.17, 15) is 9.18 Å². The zero-order valence-corrected chi connectivity index (χ0v) is 16.5. The second kappa shape index (κ2) is 9.34. The highest BCUT2D eigenvalue weighted by atomic mass is 35.5. The normalized spacial score (nSPS) is 15.3. The van der Waals surface area contributed by atoms with Crippen LogP contribution in [0.1, 0.15) is 42.1 Å². The fourth-order valence-corrected chi connectivity index (χ4v) is 3.97. The van der Waals surface area contributed by atoms with Gasteiger partial charge in [0.2, 0.25) is 0 Å². The first-order chi connectivity index (χ1) is 13.1. The second-order valence-electron chi connectivity index (χ2n) is 7.10. The second-order valence-corrected chi connectivity index (χ2v) is 7.50. The molecule has 1 amide bonds. The van der Waals surface area contributed by atoms with Gasteiger partial charge in [0.05, 0.1) is 0 Å². The average molecular weight is 389 g/mol. The third kappa shape index (κ3) is 5.08. The van der Waals surface area contributed by atoms with Crippen molar-refractivity contribution in [3.63, 3.8) is 0 Å². The van der Waals surface area contributed by atoms with Crippen molar-refractivity contribution in [3.8, 4) is 0 Å². The molecule has 0 atom stereocenters. The Labute approximate surface area is 165 Å². The van der Waals surface area contributed by atoms with Crippen LogP contribution in [0.3, 0.4) is 0 Å². The minimum atomic E-state index is -0.307. The van der Waals surface area contributed by atoms with Gasteiger partial charge in [-0.15, -0.1) is 0 Å². The molecule has 1 fully saturated rings. The van der Waals surface area contributed by atoms with Crippen LogP contribution in [-0.4, -0.2) is 41.4 Å². The van der Waals surface area contributed by atoms with Crippen LogP contribution in [0, 0.1) is 5.82 Å². The summed E-state index contributed by atoms with van der Waals surface area (Å²) in [6.07, 6.45) is 2.93. The van der Waals surface area contributed by atoms with E-state index >= 15 is 0 Å². The predicted molar refractivity (Wildman–Crippen MR) is 107 cm³/mol. The number of rotatable bonds is 6. The van der Waals surface area contributed by atoms with Gasteiger partial charge in [-0.3, -0.25) is 9.69 Å². The molecule has 27 heavy (non-hydrogen) atoms. The van der Waals surface area contributed by atoms with Gasteiger partial charge < -0.3 is 4.90 Å². The van der Waals surface area contributed by atoms with Crippen LogP contribution in [0.5, 0.6) is 0 Å². The van der Waals surface area contributed by atoms with Gasteiger partial charge >= 0.3 is 0 Å². The molecule has 1 heterocycles. The molecular weight excluding hydrogens is 363 g/mol. The van der Waals surface area contributed by atoms with Crippen molar-refractivity contribution < 1.29 is 9.18 Å². The highest BCUT2D eigenvalue weighted by Crippen LogP contribution is 2.24. The lowest BCUT2D eigenvalue weighted by Gasteiger charge is -2.38. The minimum absolute atomic E-state index is 0.109. The summed E-state index contributed by atoms with van der Waals surface area (Å²) in [4.78, 5) is 17.0. The molecule has 1 saturated heterocycles. The van der Waals surface area contributed by atoms with Gasteiger partial charge in [0.25, 0.3) is 5.91 Å². The maximum Gasteiger partial charge on any atom is 0.253 e. The summed E-state index contributed by atoms with van der Waals surface area (Å²) in [6.45, 7) is 5.36. The number of hydrogen-bond acceptors (Lipinski definition) is 2. The number of piperidine rings is 1. The monoisotopic (exact) mass is 388 g/mol. The Morgan fingerprint density at radius 3 is 2.52 bits per heavy atom. The summed E-state index contributed by atoms with van der Waals surface area (Å²) < 4.78 is 13.3. The van der Waals surface area contributed by atoms with Crippen LogP contribution < -0.4 is 0 Å². The quantitative estimate of drug-likeness (QED) is 0.695. The molecule has 2 aromatic carbocycles. The molecule has 0 radical (unpaired) electrons. The number of likely N-dealkylation sites (tertiary alicyclic amines) is 1.